The van der Waals surface area contributed by atoms with Crippen LogP contribution in [0.5, 0.6) is 5.75 Å². The number of carbonyl (C=O) groups is 1. The summed E-state index contributed by atoms with van der Waals surface area (Å²) < 4.78 is 61.9. The first kappa shape index (κ1) is 24.2. The molecule has 1 aromatic carbocycles. The second-order valence-corrected chi connectivity index (χ2v) is 6.80. The quantitative estimate of drug-likeness (QED) is 0.595. The molecular formula is C22H23F3O6. The molecule has 9 heteroatoms. The Morgan fingerprint density at radius 2 is 1.77 bits per heavy atom. The number of methoxy groups -OCH3 is 2. The van der Waals surface area contributed by atoms with Crippen LogP contribution in [0.2, 0.25) is 0 Å². The monoisotopic (exact) mass is 440 g/mol. The summed E-state index contributed by atoms with van der Waals surface area (Å²) in [5.41, 5.74) is -3.67. The molecule has 0 amide bonds. The fourth-order valence-corrected chi connectivity index (χ4v) is 3.05. The van der Waals surface area contributed by atoms with E-state index in [1.165, 1.54) is 51.3 Å². The fourth-order valence-electron chi connectivity index (χ4n) is 3.05. The molecule has 0 aliphatic carbocycles. The van der Waals surface area contributed by atoms with Crippen LogP contribution in [0.1, 0.15) is 30.7 Å². The van der Waals surface area contributed by atoms with E-state index in [9.17, 15) is 22.8 Å². The summed E-state index contributed by atoms with van der Waals surface area (Å²) in [6.45, 7) is 4.47. The Kier molecular flexibility index (Phi) is 7.32. The maximum absolute atomic E-state index is 14.0. The van der Waals surface area contributed by atoms with Crippen LogP contribution in [0.4, 0.5) is 13.2 Å². The molecule has 168 valence electrons. The third kappa shape index (κ3) is 4.82. The van der Waals surface area contributed by atoms with E-state index in [0.29, 0.717) is 11.3 Å². The van der Waals surface area contributed by atoms with Gasteiger partial charge in [0, 0.05) is 18.7 Å². The van der Waals surface area contributed by atoms with E-state index in [1.54, 1.807) is 6.92 Å². The largest absolute Gasteiger partial charge is 0.496 e. The van der Waals surface area contributed by atoms with Crippen LogP contribution in [0, 0.1) is 6.92 Å². The van der Waals surface area contributed by atoms with Gasteiger partial charge in [-0.15, -0.1) is 0 Å². The minimum Gasteiger partial charge on any atom is -0.496 e. The Morgan fingerprint density at radius 3 is 2.29 bits per heavy atom. The van der Waals surface area contributed by atoms with Gasteiger partial charge in [-0.1, -0.05) is 30.3 Å². The Bertz CT molecular complexity index is 1010. The minimum absolute atomic E-state index is 0.132. The van der Waals surface area contributed by atoms with Crippen molar-refractivity contribution in [2.24, 2.45) is 0 Å². The first-order valence-corrected chi connectivity index (χ1v) is 9.24. The summed E-state index contributed by atoms with van der Waals surface area (Å²) in [5.74, 6) is -1.19. The first-order valence-electron chi connectivity index (χ1n) is 9.24. The van der Waals surface area contributed by atoms with E-state index in [0.717, 1.165) is 19.2 Å². The van der Waals surface area contributed by atoms with Gasteiger partial charge in [-0.25, -0.2) is 9.59 Å². The van der Waals surface area contributed by atoms with E-state index >= 15 is 0 Å². The van der Waals surface area contributed by atoms with Crippen molar-refractivity contribution in [3.63, 3.8) is 0 Å². The highest BCUT2D eigenvalue weighted by molar-refractivity contribution is 5.83. The number of alkyl halides is 3. The lowest BCUT2D eigenvalue weighted by Crippen LogP contribution is -2.52. The van der Waals surface area contributed by atoms with Crippen molar-refractivity contribution >= 4 is 11.5 Å². The van der Waals surface area contributed by atoms with Gasteiger partial charge in [0.25, 0.3) is 5.60 Å². The zero-order chi connectivity index (χ0) is 23.4. The lowest BCUT2D eigenvalue weighted by atomic mass is 9.92. The third-order valence-corrected chi connectivity index (χ3v) is 4.70. The molecule has 6 nitrogen and oxygen atoms in total. The predicted octanol–water partition coefficient (Wildman–Crippen LogP) is 4.40. The molecular weight excluding hydrogens is 417 g/mol. The summed E-state index contributed by atoms with van der Waals surface area (Å²) in [6, 6.07) is 7.99. The Balaban J connectivity index is 2.37. The number of hydrogen-bond donors (Lipinski definition) is 0. The molecule has 0 radical (unpaired) electrons. The SMILES string of the molecule is COc1cc(/C(C)=C/C(C)OC(=O)[C@](OC)(c2ccccc2)C(F)(F)F)oc(=O)c1C. The topological polar surface area (TPSA) is 75.0 Å². The molecule has 0 saturated heterocycles. The lowest BCUT2D eigenvalue weighted by Gasteiger charge is -2.33. The van der Waals surface area contributed by atoms with Gasteiger partial charge in [-0.05, 0) is 32.4 Å². The summed E-state index contributed by atoms with van der Waals surface area (Å²) in [6.07, 6.45) is -4.81. The van der Waals surface area contributed by atoms with E-state index < -0.39 is 35.0 Å². The maximum atomic E-state index is 14.0. The molecule has 1 heterocycles. The molecule has 0 N–H and O–H groups in total. The minimum atomic E-state index is -5.07. The highest BCUT2D eigenvalue weighted by Crippen LogP contribution is 2.43. The number of benzene rings is 1. The summed E-state index contributed by atoms with van der Waals surface area (Å²) in [4.78, 5) is 24.6. The fraction of sp³-hybridized carbons (Fsp3) is 0.364. The van der Waals surface area contributed by atoms with Gasteiger partial charge in [0.05, 0.1) is 12.7 Å². The molecule has 1 aromatic heterocycles. The van der Waals surface area contributed by atoms with Gasteiger partial charge in [0.15, 0.2) is 0 Å². The smallest absolute Gasteiger partial charge is 0.432 e. The maximum Gasteiger partial charge on any atom is 0.432 e. The average Bonchev–Trinajstić information content (AvgIpc) is 2.70. The molecule has 2 rings (SSSR count). The zero-order valence-electron chi connectivity index (χ0n) is 17.7. The predicted molar refractivity (Wildman–Crippen MR) is 107 cm³/mol. The van der Waals surface area contributed by atoms with Gasteiger partial charge in [0.1, 0.15) is 17.6 Å². The van der Waals surface area contributed by atoms with Gasteiger partial charge in [0.2, 0.25) is 0 Å². The Morgan fingerprint density at radius 1 is 1.16 bits per heavy atom. The normalized spacial score (nSPS) is 15.2. The molecule has 1 unspecified atom stereocenters. The van der Waals surface area contributed by atoms with Crippen molar-refractivity contribution in [1.29, 1.82) is 0 Å². The molecule has 0 saturated carbocycles. The Hall–Kier alpha value is -3.07. The van der Waals surface area contributed by atoms with Crippen molar-refractivity contribution in [2.75, 3.05) is 14.2 Å². The van der Waals surface area contributed by atoms with E-state index in [-0.39, 0.29) is 11.3 Å². The van der Waals surface area contributed by atoms with Crippen LogP contribution in [0.25, 0.3) is 5.57 Å². The van der Waals surface area contributed by atoms with Crippen LogP contribution < -0.4 is 10.4 Å². The van der Waals surface area contributed by atoms with Gasteiger partial charge in [-0.2, -0.15) is 13.2 Å². The van der Waals surface area contributed by atoms with Crippen LogP contribution >= 0.6 is 0 Å². The molecule has 2 atom stereocenters. The van der Waals surface area contributed by atoms with E-state index in [2.05, 4.69) is 0 Å². The molecule has 0 aliphatic rings. The van der Waals surface area contributed by atoms with Crippen molar-refractivity contribution in [1.82, 2.24) is 0 Å². The van der Waals surface area contributed by atoms with Crippen molar-refractivity contribution in [3.8, 4) is 5.75 Å². The van der Waals surface area contributed by atoms with E-state index in [4.69, 9.17) is 18.6 Å². The van der Waals surface area contributed by atoms with Crippen molar-refractivity contribution in [2.45, 2.75) is 38.7 Å². The summed E-state index contributed by atoms with van der Waals surface area (Å²) >= 11 is 0. The van der Waals surface area contributed by atoms with E-state index in [1.807, 2.05) is 0 Å². The first-order chi connectivity index (χ1) is 14.5. The highest BCUT2D eigenvalue weighted by Gasteiger charge is 2.64. The van der Waals surface area contributed by atoms with Crippen LogP contribution in [-0.2, 0) is 19.9 Å². The van der Waals surface area contributed by atoms with Gasteiger partial charge >= 0.3 is 17.8 Å². The average molecular weight is 440 g/mol. The Labute approximate surface area is 177 Å². The van der Waals surface area contributed by atoms with Crippen LogP contribution in [0.3, 0.4) is 0 Å². The van der Waals surface area contributed by atoms with Crippen LogP contribution in [0.15, 0.2) is 51.7 Å². The highest BCUT2D eigenvalue weighted by atomic mass is 19.4. The molecule has 2 aromatic rings. The van der Waals surface area contributed by atoms with Crippen molar-refractivity contribution < 1.29 is 36.6 Å². The van der Waals surface area contributed by atoms with Crippen LogP contribution in [-0.4, -0.2) is 32.5 Å². The number of esters is 1. The number of allylic oxidation sites excluding steroid dienone is 1. The number of hydrogen-bond acceptors (Lipinski definition) is 6. The molecule has 31 heavy (non-hydrogen) atoms. The number of carbonyl (C=O) groups excluding carboxylic acids is 1. The molecule has 0 spiro atoms. The molecule has 0 aliphatic heterocycles. The number of rotatable bonds is 7. The number of ether oxygens (including phenoxy) is 3. The second kappa shape index (κ2) is 9.38. The lowest BCUT2D eigenvalue weighted by molar-refractivity contribution is -0.277. The number of halogens is 3. The van der Waals surface area contributed by atoms with Gasteiger partial charge in [-0.3, -0.25) is 0 Å². The standard InChI is InChI=1S/C22H23F3O6/c1-13(17-12-18(28-4)15(3)19(26)31-17)11-14(2)30-20(27)21(29-5,22(23,24)25)16-9-7-6-8-10-16/h6-12,14H,1-5H3/b13-11+/t14?,21-/m1/s1. The van der Waals surface area contributed by atoms with Crippen molar-refractivity contribution in [3.05, 3.63) is 69.8 Å². The zero-order valence-corrected chi connectivity index (χ0v) is 17.7. The van der Waals surface area contributed by atoms with Gasteiger partial charge < -0.3 is 18.6 Å². The summed E-state index contributed by atoms with van der Waals surface area (Å²) in [7, 11) is 2.18. The third-order valence-electron chi connectivity index (χ3n) is 4.70. The second-order valence-electron chi connectivity index (χ2n) is 6.80. The molecule has 0 fully saturated rings. The summed E-state index contributed by atoms with van der Waals surface area (Å²) in [5, 5.41) is 0. The molecule has 0 bridgehead atoms.